The molecular weight excluding hydrogens is 713 g/mol. The molecule has 2 aliphatic heterocycles. The van der Waals surface area contributed by atoms with Crippen molar-refractivity contribution in [1.82, 2.24) is 38.9 Å². The van der Waals surface area contributed by atoms with Crippen LogP contribution in [0, 0.1) is 6.92 Å². The molecule has 0 unspecified atom stereocenters. The van der Waals surface area contributed by atoms with Crippen LogP contribution in [0.1, 0.15) is 35.5 Å². The Hall–Kier alpha value is -7.84. The van der Waals surface area contributed by atoms with Crippen LogP contribution in [-0.4, -0.2) is 38.9 Å². The zero-order chi connectivity index (χ0) is 38.5. The van der Waals surface area contributed by atoms with Gasteiger partial charge in [0, 0.05) is 27.5 Å². The predicted molar refractivity (Wildman–Crippen MR) is 235 cm³/mol. The Morgan fingerprint density at radius 2 is 0.966 bits per heavy atom. The summed E-state index contributed by atoms with van der Waals surface area (Å²) in [7, 11) is 0. The maximum atomic E-state index is 5.56. The van der Waals surface area contributed by atoms with E-state index in [1.165, 1.54) is 0 Å². The van der Waals surface area contributed by atoms with E-state index in [4.69, 9.17) is 29.9 Å². The molecule has 3 aromatic heterocycles. The quantitative estimate of drug-likeness (QED) is 0.166. The van der Waals surface area contributed by atoms with Crippen molar-refractivity contribution in [3.8, 4) is 34.2 Å². The highest BCUT2D eigenvalue weighted by Crippen LogP contribution is 2.39. The lowest BCUT2D eigenvalue weighted by atomic mass is 10.0. The average molecular weight is 745 g/mol. The summed E-state index contributed by atoms with van der Waals surface area (Å²) in [6.45, 7) is 4.06. The van der Waals surface area contributed by atoms with Gasteiger partial charge in [0.2, 0.25) is 0 Å². The van der Waals surface area contributed by atoms with E-state index in [-0.39, 0.29) is 0 Å². The fraction of sp³-hybridized carbons (Fsp3) is 0.0400. The van der Waals surface area contributed by atoms with E-state index in [9.17, 15) is 0 Å². The number of hydrogen-bond donors (Lipinski definition) is 0. The maximum Gasteiger partial charge on any atom is 0.164 e. The fourth-order valence-electron chi connectivity index (χ4n) is 8.48. The maximum absolute atomic E-state index is 5.56. The van der Waals surface area contributed by atoms with Gasteiger partial charge in [0.25, 0.3) is 0 Å². The standard InChI is InChI=1S/C50H32N8/c1-29-23-33-13-5-3-12-32(33)21-22-44-51-30(2)57-48(39-20-19-31-11-4-6-14-34(31)24-39)55-46-40-25-35-15-7-8-16-36(35)26-41(40)47(53-46)56-50-43-28-38-18-10-9-17-37(38)27-42(43)49(58(50)57)54-45(29)52-44/h3-28H,1-2H3/b22-21+,29-23+,51-30?,52-44?,54-45?,55-48?,56-47?. The van der Waals surface area contributed by atoms with Gasteiger partial charge >= 0.3 is 0 Å². The van der Waals surface area contributed by atoms with Crippen LogP contribution in [0.2, 0.25) is 0 Å². The van der Waals surface area contributed by atoms with Gasteiger partial charge < -0.3 is 0 Å². The average Bonchev–Trinajstić information content (AvgIpc) is 3.77. The van der Waals surface area contributed by atoms with Gasteiger partial charge in [-0.25, -0.2) is 38.9 Å². The van der Waals surface area contributed by atoms with E-state index in [0.717, 1.165) is 76.5 Å². The number of benzene rings is 7. The molecule has 8 nitrogen and oxygen atoms in total. The second-order valence-electron chi connectivity index (χ2n) is 15.0. The zero-order valence-corrected chi connectivity index (χ0v) is 31.6. The molecule has 12 rings (SSSR count). The Kier molecular flexibility index (Phi) is 6.89. The number of aromatic nitrogens is 8. The van der Waals surface area contributed by atoms with Gasteiger partial charge in [0.15, 0.2) is 40.4 Å². The summed E-state index contributed by atoms with van der Waals surface area (Å²) < 4.78 is 4.14. The summed E-state index contributed by atoms with van der Waals surface area (Å²) in [5.74, 6) is 3.50. The lowest BCUT2D eigenvalue weighted by molar-refractivity contribution is 0.773. The minimum Gasteiger partial charge on any atom is -0.214 e. The number of hydrogen-bond acceptors (Lipinski definition) is 6. The summed E-state index contributed by atoms with van der Waals surface area (Å²) >= 11 is 0. The first kappa shape index (κ1) is 32.4. The van der Waals surface area contributed by atoms with Crippen molar-refractivity contribution in [3.63, 3.8) is 0 Å². The highest BCUT2D eigenvalue weighted by Gasteiger charge is 2.25. The third-order valence-corrected chi connectivity index (χ3v) is 11.3. The molecule has 0 atom stereocenters. The topological polar surface area (TPSA) is 86.2 Å². The Labute approximate surface area is 332 Å². The molecule has 0 radical (unpaired) electrons. The first-order valence-corrected chi connectivity index (χ1v) is 19.4. The van der Waals surface area contributed by atoms with Gasteiger partial charge in [-0.1, -0.05) is 115 Å². The Balaban J connectivity index is 1.35. The van der Waals surface area contributed by atoms with Crippen LogP contribution in [-0.2, 0) is 0 Å². The van der Waals surface area contributed by atoms with Gasteiger partial charge in [0.05, 0.1) is 0 Å². The molecule has 0 saturated carbocycles. The van der Waals surface area contributed by atoms with Crippen LogP contribution < -0.4 is 0 Å². The van der Waals surface area contributed by atoms with Crippen molar-refractivity contribution in [2.45, 2.75) is 13.8 Å². The van der Waals surface area contributed by atoms with Crippen molar-refractivity contribution in [2.24, 2.45) is 0 Å². The zero-order valence-electron chi connectivity index (χ0n) is 31.6. The number of fused-ring (bicyclic) bond motifs is 14. The summed E-state index contributed by atoms with van der Waals surface area (Å²) in [4.78, 5) is 32.4. The summed E-state index contributed by atoms with van der Waals surface area (Å²) in [5, 5.41) is 8.48. The molecular formula is C50H32N8. The predicted octanol–water partition coefficient (Wildman–Crippen LogP) is 11.5. The summed E-state index contributed by atoms with van der Waals surface area (Å²) in [6.07, 6.45) is 6.18. The van der Waals surface area contributed by atoms with E-state index in [1.807, 2.05) is 19.1 Å². The normalized spacial score (nSPS) is 14.1. The van der Waals surface area contributed by atoms with Crippen LogP contribution >= 0.6 is 0 Å². The second-order valence-corrected chi connectivity index (χ2v) is 15.0. The number of rotatable bonds is 1. The van der Waals surface area contributed by atoms with Crippen LogP contribution in [0.25, 0.3) is 112 Å². The third-order valence-electron chi connectivity index (χ3n) is 11.3. The van der Waals surface area contributed by atoms with Crippen molar-refractivity contribution in [2.75, 3.05) is 0 Å². The van der Waals surface area contributed by atoms with Gasteiger partial charge in [-0.15, -0.1) is 0 Å². The molecule has 0 saturated heterocycles. The third kappa shape index (κ3) is 5.01. The SMILES string of the molecule is C/C1=C\c2ccccc2/C=C/c2nc1nc1c3cc4ccccc4cc3c3nc4nc(nc(-c5ccc6ccccc6c5)n(c(C)n2)n13)-c1cc2ccccc2cc1-4. The lowest BCUT2D eigenvalue weighted by Crippen LogP contribution is -2.09. The van der Waals surface area contributed by atoms with Gasteiger partial charge in [-0.3, -0.25) is 0 Å². The van der Waals surface area contributed by atoms with Gasteiger partial charge in [-0.2, -0.15) is 0 Å². The lowest BCUT2D eigenvalue weighted by Gasteiger charge is -2.11. The monoisotopic (exact) mass is 744 g/mol. The molecule has 0 fully saturated rings. The second kappa shape index (κ2) is 12.3. The number of aryl methyl sites for hydroxylation is 1. The van der Waals surface area contributed by atoms with Crippen molar-refractivity contribution in [1.29, 1.82) is 0 Å². The van der Waals surface area contributed by atoms with E-state index in [2.05, 4.69) is 162 Å². The van der Waals surface area contributed by atoms with Gasteiger partial charge in [0.1, 0.15) is 5.82 Å². The molecule has 0 amide bonds. The fourth-order valence-corrected chi connectivity index (χ4v) is 8.48. The molecule has 0 aliphatic carbocycles. The molecule has 2 aliphatic rings. The summed E-state index contributed by atoms with van der Waals surface area (Å²) in [5.41, 5.74) is 7.13. The van der Waals surface area contributed by atoms with Crippen LogP contribution in [0.3, 0.4) is 0 Å². The van der Waals surface area contributed by atoms with Crippen LogP contribution in [0.5, 0.6) is 0 Å². The molecule has 7 aromatic carbocycles. The van der Waals surface area contributed by atoms with Crippen molar-refractivity contribution < 1.29 is 0 Å². The molecule has 10 aromatic rings. The number of allylic oxidation sites excluding steroid dienone is 1. The summed E-state index contributed by atoms with van der Waals surface area (Å²) in [6, 6.07) is 48.8. The Morgan fingerprint density at radius 3 is 1.64 bits per heavy atom. The van der Waals surface area contributed by atoms with Gasteiger partial charge in [-0.05, 0) is 105 Å². The molecule has 0 N–H and O–H groups in total. The minimum absolute atomic E-state index is 0.516. The molecule has 4 bridgehead atoms. The van der Waals surface area contributed by atoms with Crippen LogP contribution in [0.15, 0.2) is 140 Å². The highest BCUT2D eigenvalue weighted by atomic mass is 15.4. The molecule has 0 spiro atoms. The van der Waals surface area contributed by atoms with E-state index in [0.29, 0.717) is 46.2 Å². The smallest absolute Gasteiger partial charge is 0.164 e. The first-order valence-electron chi connectivity index (χ1n) is 19.4. The largest absolute Gasteiger partial charge is 0.214 e. The van der Waals surface area contributed by atoms with E-state index in [1.54, 1.807) is 0 Å². The number of nitrogens with zero attached hydrogens (tertiary/aromatic N) is 8. The first-order chi connectivity index (χ1) is 28.5. The molecule has 5 heterocycles. The van der Waals surface area contributed by atoms with Crippen molar-refractivity contribution >= 4 is 78.2 Å². The molecule has 8 heteroatoms. The van der Waals surface area contributed by atoms with E-state index >= 15 is 0 Å². The minimum atomic E-state index is 0.516. The van der Waals surface area contributed by atoms with Crippen LogP contribution in [0.4, 0.5) is 0 Å². The Morgan fingerprint density at radius 1 is 0.414 bits per heavy atom. The highest BCUT2D eigenvalue weighted by molar-refractivity contribution is 6.12. The molecule has 272 valence electrons. The molecule has 58 heavy (non-hydrogen) atoms. The van der Waals surface area contributed by atoms with Crippen molar-refractivity contribution in [3.05, 3.63) is 168 Å². The Bertz CT molecular complexity index is 3610. The van der Waals surface area contributed by atoms with E-state index < -0.39 is 0 Å².